The number of likely N-dealkylation sites (tertiary alicyclic amines) is 1. The lowest BCUT2D eigenvalue weighted by molar-refractivity contribution is -0.159. The van der Waals surface area contributed by atoms with Gasteiger partial charge < -0.3 is 14.7 Å². The molecule has 0 aromatic heterocycles. The Morgan fingerprint density at radius 3 is 3.12 bits per heavy atom. The van der Waals surface area contributed by atoms with Crippen molar-refractivity contribution in [2.24, 2.45) is 0 Å². The predicted octanol–water partition coefficient (Wildman–Crippen LogP) is 0.758. The predicted molar refractivity (Wildman–Crippen MR) is 60.5 cm³/mol. The molecular weight excluding hydrogens is 230 g/mol. The summed E-state index contributed by atoms with van der Waals surface area (Å²) in [7, 11) is 0. The first-order valence-electron chi connectivity index (χ1n) is 5.81. The lowest BCUT2D eigenvalue weighted by Gasteiger charge is -2.46. The quantitative estimate of drug-likeness (QED) is 0.696. The summed E-state index contributed by atoms with van der Waals surface area (Å²) >= 11 is 5.56. The van der Waals surface area contributed by atoms with Gasteiger partial charge in [0.05, 0.1) is 11.7 Å². The molecule has 1 N–H and O–H groups in total. The zero-order valence-electron chi connectivity index (χ0n) is 9.32. The molecule has 2 heterocycles. The van der Waals surface area contributed by atoms with E-state index < -0.39 is 0 Å². The van der Waals surface area contributed by atoms with Gasteiger partial charge in [0, 0.05) is 26.1 Å². The molecule has 0 aromatic rings. The molecule has 4 nitrogen and oxygen atoms in total. The van der Waals surface area contributed by atoms with Crippen molar-refractivity contribution >= 4 is 17.5 Å². The van der Waals surface area contributed by atoms with Crippen molar-refractivity contribution < 1.29 is 14.6 Å². The SMILES string of the molecule is O=C(CCl)N1CCC[C@]2(C[C@H](O)CCO2)C1. The molecule has 2 fully saturated rings. The smallest absolute Gasteiger partial charge is 0.237 e. The van der Waals surface area contributed by atoms with Gasteiger partial charge in [-0.2, -0.15) is 0 Å². The number of halogens is 1. The molecular formula is C11H18ClNO3. The number of piperidine rings is 1. The van der Waals surface area contributed by atoms with Gasteiger partial charge >= 0.3 is 0 Å². The fourth-order valence-electron chi connectivity index (χ4n) is 2.68. The first kappa shape index (κ1) is 12.1. The zero-order valence-corrected chi connectivity index (χ0v) is 10.1. The van der Waals surface area contributed by atoms with Gasteiger partial charge in [0.25, 0.3) is 0 Å². The van der Waals surface area contributed by atoms with Crippen LogP contribution in [0, 0.1) is 0 Å². The highest BCUT2D eigenvalue weighted by molar-refractivity contribution is 6.27. The lowest BCUT2D eigenvalue weighted by Crippen LogP contribution is -2.55. The van der Waals surface area contributed by atoms with Gasteiger partial charge in [-0.1, -0.05) is 0 Å². The molecule has 16 heavy (non-hydrogen) atoms. The fraction of sp³-hybridized carbons (Fsp3) is 0.909. The summed E-state index contributed by atoms with van der Waals surface area (Å²) in [5.41, 5.74) is -0.322. The summed E-state index contributed by atoms with van der Waals surface area (Å²) in [4.78, 5) is 13.3. The Morgan fingerprint density at radius 2 is 2.44 bits per heavy atom. The average Bonchev–Trinajstić information content (AvgIpc) is 2.28. The summed E-state index contributed by atoms with van der Waals surface area (Å²) in [5, 5.41) is 9.70. The number of alkyl halides is 1. The van der Waals surface area contributed by atoms with Crippen LogP contribution in [0.15, 0.2) is 0 Å². The van der Waals surface area contributed by atoms with E-state index in [-0.39, 0.29) is 23.5 Å². The molecule has 0 aliphatic carbocycles. The second-order valence-corrected chi connectivity index (χ2v) is 5.00. The number of nitrogens with zero attached hydrogens (tertiary/aromatic N) is 1. The lowest BCUT2D eigenvalue weighted by atomic mass is 9.84. The number of ether oxygens (including phenoxy) is 1. The van der Waals surface area contributed by atoms with Crippen LogP contribution in [0.4, 0.5) is 0 Å². The number of aliphatic hydroxyl groups excluding tert-OH is 1. The normalized spacial score (nSPS) is 35.4. The van der Waals surface area contributed by atoms with E-state index in [0.29, 0.717) is 26.0 Å². The maximum absolute atomic E-state index is 11.6. The number of aliphatic hydroxyl groups is 1. The van der Waals surface area contributed by atoms with Crippen LogP contribution in [-0.4, -0.2) is 53.2 Å². The van der Waals surface area contributed by atoms with Crippen molar-refractivity contribution in [3.8, 4) is 0 Å². The van der Waals surface area contributed by atoms with Crippen LogP contribution in [0.2, 0.25) is 0 Å². The van der Waals surface area contributed by atoms with Crippen molar-refractivity contribution in [2.75, 3.05) is 25.6 Å². The van der Waals surface area contributed by atoms with Crippen LogP contribution in [0.1, 0.15) is 25.7 Å². The maximum atomic E-state index is 11.6. The molecule has 1 spiro atoms. The Kier molecular flexibility index (Phi) is 3.72. The molecule has 2 atom stereocenters. The minimum Gasteiger partial charge on any atom is -0.393 e. The van der Waals surface area contributed by atoms with Gasteiger partial charge in [0.2, 0.25) is 5.91 Å². The second kappa shape index (κ2) is 4.90. The van der Waals surface area contributed by atoms with Crippen LogP contribution >= 0.6 is 11.6 Å². The molecule has 2 rings (SSSR count). The Labute approximate surface area is 101 Å². The van der Waals surface area contributed by atoms with Gasteiger partial charge in [-0.15, -0.1) is 11.6 Å². The number of carbonyl (C=O) groups is 1. The van der Waals surface area contributed by atoms with E-state index in [1.165, 1.54) is 0 Å². The molecule has 5 heteroatoms. The summed E-state index contributed by atoms with van der Waals surface area (Å²) < 4.78 is 5.80. The first-order valence-corrected chi connectivity index (χ1v) is 6.34. The van der Waals surface area contributed by atoms with Crippen LogP contribution < -0.4 is 0 Å². The minimum atomic E-state index is -0.322. The van der Waals surface area contributed by atoms with Crippen LogP contribution in [-0.2, 0) is 9.53 Å². The fourth-order valence-corrected chi connectivity index (χ4v) is 2.85. The monoisotopic (exact) mass is 247 g/mol. The molecule has 0 radical (unpaired) electrons. The first-order chi connectivity index (χ1) is 7.65. The van der Waals surface area contributed by atoms with E-state index in [0.717, 1.165) is 19.4 Å². The summed E-state index contributed by atoms with van der Waals surface area (Å²) in [6, 6.07) is 0. The second-order valence-electron chi connectivity index (χ2n) is 4.73. The highest BCUT2D eigenvalue weighted by Gasteiger charge is 2.41. The van der Waals surface area contributed by atoms with E-state index in [9.17, 15) is 9.90 Å². The number of hydrogen-bond donors (Lipinski definition) is 1. The molecule has 1 amide bonds. The summed E-state index contributed by atoms with van der Waals surface area (Å²) in [5.74, 6) is -0.0112. The van der Waals surface area contributed by atoms with Gasteiger partial charge in [-0.3, -0.25) is 4.79 Å². The van der Waals surface area contributed by atoms with Crippen molar-refractivity contribution in [2.45, 2.75) is 37.4 Å². The molecule has 2 aliphatic heterocycles. The number of rotatable bonds is 1. The summed E-state index contributed by atoms with van der Waals surface area (Å²) in [6.45, 7) is 1.92. The van der Waals surface area contributed by atoms with Gasteiger partial charge in [-0.05, 0) is 19.3 Å². The molecule has 2 aliphatic rings. The molecule has 0 unspecified atom stereocenters. The average molecular weight is 248 g/mol. The van der Waals surface area contributed by atoms with Crippen LogP contribution in [0.25, 0.3) is 0 Å². The third-order valence-electron chi connectivity index (χ3n) is 3.47. The Balaban J connectivity index is 2.02. The molecule has 2 saturated heterocycles. The highest BCUT2D eigenvalue weighted by Crippen LogP contribution is 2.33. The van der Waals surface area contributed by atoms with Crippen molar-refractivity contribution in [1.29, 1.82) is 0 Å². The van der Waals surface area contributed by atoms with Crippen molar-refractivity contribution in [1.82, 2.24) is 4.90 Å². The molecule has 0 saturated carbocycles. The standard InChI is InChI=1S/C11H18ClNO3/c12-7-10(15)13-4-1-3-11(8-13)6-9(14)2-5-16-11/h9,14H,1-8H2/t9-,11+/m1/s1. The van der Waals surface area contributed by atoms with Gasteiger partial charge in [0.1, 0.15) is 5.88 Å². The molecule has 92 valence electrons. The van der Waals surface area contributed by atoms with E-state index >= 15 is 0 Å². The Morgan fingerprint density at radius 1 is 1.62 bits per heavy atom. The van der Waals surface area contributed by atoms with Gasteiger partial charge in [0.15, 0.2) is 0 Å². The maximum Gasteiger partial charge on any atom is 0.237 e. The van der Waals surface area contributed by atoms with Crippen molar-refractivity contribution in [3.63, 3.8) is 0 Å². The number of hydrogen-bond acceptors (Lipinski definition) is 3. The van der Waals surface area contributed by atoms with Crippen molar-refractivity contribution in [3.05, 3.63) is 0 Å². The number of carbonyl (C=O) groups excluding carboxylic acids is 1. The Hall–Kier alpha value is -0.320. The number of amides is 1. The third kappa shape index (κ3) is 2.50. The third-order valence-corrected chi connectivity index (χ3v) is 3.70. The summed E-state index contributed by atoms with van der Waals surface area (Å²) in [6.07, 6.45) is 2.90. The van der Waals surface area contributed by atoms with E-state index in [1.54, 1.807) is 4.90 Å². The van der Waals surface area contributed by atoms with E-state index in [4.69, 9.17) is 16.3 Å². The van der Waals surface area contributed by atoms with E-state index in [2.05, 4.69) is 0 Å². The van der Waals surface area contributed by atoms with Crippen LogP contribution in [0.5, 0.6) is 0 Å². The topological polar surface area (TPSA) is 49.8 Å². The molecule has 0 aromatic carbocycles. The minimum absolute atomic E-state index is 0.0264. The zero-order chi connectivity index (χ0) is 11.6. The Bertz CT molecular complexity index is 270. The molecule has 0 bridgehead atoms. The highest BCUT2D eigenvalue weighted by atomic mass is 35.5. The van der Waals surface area contributed by atoms with E-state index in [1.807, 2.05) is 0 Å². The van der Waals surface area contributed by atoms with Gasteiger partial charge in [-0.25, -0.2) is 0 Å². The van der Waals surface area contributed by atoms with Crippen LogP contribution in [0.3, 0.4) is 0 Å². The largest absolute Gasteiger partial charge is 0.393 e.